The van der Waals surface area contributed by atoms with Gasteiger partial charge >= 0.3 is 5.97 Å². The molecule has 0 saturated carbocycles. The lowest BCUT2D eigenvalue weighted by Gasteiger charge is -2.18. The van der Waals surface area contributed by atoms with E-state index in [1.54, 1.807) is 42.5 Å². The summed E-state index contributed by atoms with van der Waals surface area (Å²) < 4.78 is 0. The number of fused-ring (bicyclic) bond motifs is 1. The molecule has 1 atom stereocenters. The number of anilines is 2. The van der Waals surface area contributed by atoms with E-state index in [2.05, 4.69) is 10.5 Å². The van der Waals surface area contributed by atoms with Gasteiger partial charge in [0.15, 0.2) is 0 Å². The summed E-state index contributed by atoms with van der Waals surface area (Å²) in [6.45, 7) is 3.88. The third-order valence-corrected chi connectivity index (χ3v) is 5.80. The van der Waals surface area contributed by atoms with Crippen molar-refractivity contribution in [2.75, 3.05) is 4.90 Å². The number of nitrogens with one attached hydrogen (secondary N) is 1. The molecule has 0 aliphatic carbocycles. The Labute approximate surface area is 195 Å². The largest absolute Gasteiger partial charge is 0.478 e. The third kappa shape index (κ3) is 4.36. The highest BCUT2D eigenvalue weighted by Gasteiger charge is 2.37. The van der Waals surface area contributed by atoms with Crippen LogP contribution in [0.1, 0.15) is 43.3 Å². The Morgan fingerprint density at radius 2 is 1.82 bits per heavy atom. The molecule has 4 rings (SSSR count). The van der Waals surface area contributed by atoms with Crippen molar-refractivity contribution in [3.8, 4) is 0 Å². The number of carbonyl (C=O) groups is 3. The molecular weight excluding hydrogens is 442 g/mol. The van der Waals surface area contributed by atoms with Gasteiger partial charge in [0.2, 0.25) is 5.91 Å². The van der Waals surface area contributed by atoms with E-state index in [0.717, 1.165) is 11.1 Å². The fourth-order valence-electron chi connectivity index (χ4n) is 3.67. The smallest absolute Gasteiger partial charge is 0.335 e. The SMILES string of the molecule is Cc1ccc(C(=O)NN=CC2C(=O)N(c3cccc(C(=O)O)c3)c3cc(Cl)ccc32)cc1C. The van der Waals surface area contributed by atoms with E-state index in [1.807, 2.05) is 19.9 Å². The molecule has 33 heavy (non-hydrogen) atoms. The number of aromatic carboxylic acids is 1. The van der Waals surface area contributed by atoms with E-state index in [-0.39, 0.29) is 17.4 Å². The van der Waals surface area contributed by atoms with Crippen LogP contribution in [-0.4, -0.2) is 29.1 Å². The van der Waals surface area contributed by atoms with Crippen LogP contribution >= 0.6 is 11.6 Å². The molecule has 2 amide bonds. The Morgan fingerprint density at radius 1 is 1.03 bits per heavy atom. The van der Waals surface area contributed by atoms with Crippen molar-refractivity contribution in [3.05, 3.63) is 93.5 Å². The zero-order chi connectivity index (χ0) is 23.7. The summed E-state index contributed by atoms with van der Waals surface area (Å²) in [5, 5.41) is 13.8. The average Bonchev–Trinajstić information content (AvgIpc) is 3.06. The van der Waals surface area contributed by atoms with Crippen molar-refractivity contribution >= 4 is 47.0 Å². The van der Waals surface area contributed by atoms with E-state index in [9.17, 15) is 19.5 Å². The van der Waals surface area contributed by atoms with Crippen LogP contribution in [0, 0.1) is 13.8 Å². The van der Waals surface area contributed by atoms with E-state index in [4.69, 9.17) is 11.6 Å². The molecule has 3 aromatic carbocycles. The normalized spacial score (nSPS) is 15.1. The summed E-state index contributed by atoms with van der Waals surface area (Å²) in [5.74, 6) is -2.59. The lowest BCUT2D eigenvalue weighted by Crippen LogP contribution is -2.25. The fourth-order valence-corrected chi connectivity index (χ4v) is 3.84. The van der Waals surface area contributed by atoms with Crippen LogP contribution in [0.3, 0.4) is 0 Å². The zero-order valence-electron chi connectivity index (χ0n) is 17.9. The van der Waals surface area contributed by atoms with Gasteiger partial charge in [0.05, 0.1) is 11.3 Å². The summed E-state index contributed by atoms with van der Waals surface area (Å²) in [4.78, 5) is 38.6. The minimum absolute atomic E-state index is 0.0571. The second-order valence-electron chi connectivity index (χ2n) is 7.73. The topological polar surface area (TPSA) is 99.1 Å². The van der Waals surface area contributed by atoms with Crippen LogP contribution in [0.15, 0.2) is 65.8 Å². The van der Waals surface area contributed by atoms with Gasteiger partial charge in [-0.05, 0) is 73.0 Å². The summed E-state index contributed by atoms with van der Waals surface area (Å²) >= 11 is 6.17. The van der Waals surface area contributed by atoms with Crippen LogP contribution in [0.2, 0.25) is 5.02 Å². The van der Waals surface area contributed by atoms with Gasteiger partial charge in [-0.3, -0.25) is 14.5 Å². The Balaban J connectivity index is 1.62. The van der Waals surface area contributed by atoms with Crippen LogP contribution in [-0.2, 0) is 4.79 Å². The predicted octanol–water partition coefficient (Wildman–Crippen LogP) is 4.83. The Morgan fingerprint density at radius 3 is 2.55 bits per heavy atom. The van der Waals surface area contributed by atoms with Crippen LogP contribution in [0.25, 0.3) is 0 Å². The standard InChI is InChI=1S/C25H20ClN3O4/c1-14-6-7-16(10-15(14)2)23(30)28-27-13-21-20-9-8-18(26)12-22(20)29(24(21)31)19-5-3-4-17(11-19)25(32)33/h3-13,21H,1-2H3,(H,28,30)(H,32,33). The van der Waals surface area contributed by atoms with Crippen LogP contribution in [0.4, 0.5) is 11.4 Å². The van der Waals surface area contributed by atoms with Crippen molar-refractivity contribution < 1.29 is 19.5 Å². The van der Waals surface area contributed by atoms with E-state index >= 15 is 0 Å². The first-order valence-electron chi connectivity index (χ1n) is 10.1. The number of carbonyl (C=O) groups excluding carboxylic acids is 2. The number of amides is 2. The number of rotatable bonds is 5. The van der Waals surface area contributed by atoms with Crippen molar-refractivity contribution in [1.29, 1.82) is 0 Å². The van der Waals surface area contributed by atoms with Crippen LogP contribution in [0.5, 0.6) is 0 Å². The molecular formula is C25H20ClN3O4. The highest BCUT2D eigenvalue weighted by atomic mass is 35.5. The quantitative estimate of drug-likeness (QED) is 0.419. The van der Waals surface area contributed by atoms with Gasteiger partial charge in [-0.2, -0.15) is 5.10 Å². The maximum Gasteiger partial charge on any atom is 0.335 e. The maximum absolute atomic E-state index is 13.3. The first-order valence-corrected chi connectivity index (χ1v) is 10.5. The summed E-state index contributed by atoms with van der Waals surface area (Å²) in [7, 11) is 0. The van der Waals surface area contributed by atoms with Crippen molar-refractivity contribution in [3.63, 3.8) is 0 Å². The molecule has 0 aromatic heterocycles. The number of halogens is 1. The summed E-state index contributed by atoms with van der Waals surface area (Å²) in [5.41, 5.74) is 6.64. The average molecular weight is 462 g/mol. The molecule has 1 heterocycles. The van der Waals surface area contributed by atoms with Gasteiger partial charge in [0, 0.05) is 22.5 Å². The Bertz CT molecular complexity index is 1320. The van der Waals surface area contributed by atoms with E-state index in [0.29, 0.717) is 27.5 Å². The molecule has 166 valence electrons. The Hall–Kier alpha value is -3.97. The second kappa shape index (κ2) is 8.88. The van der Waals surface area contributed by atoms with Gasteiger partial charge in [-0.25, -0.2) is 10.2 Å². The number of hydrazone groups is 1. The molecule has 1 aliphatic heterocycles. The molecule has 1 unspecified atom stereocenters. The Kier molecular flexibility index (Phi) is 5.98. The molecule has 0 fully saturated rings. The molecule has 2 N–H and O–H groups in total. The number of aryl methyl sites for hydroxylation is 2. The first kappa shape index (κ1) is 22.2. The van der Waals surface area contributed by atoms with Crippen molar-refractivity contribution in [2.45, 2.75) is 19.8 Å². The van der Waals surface area contributed by atoms with Gasteiger partial charge in [-0.1, -0.05) is 29.8 Å². The summed E-state index contributed by atoms with van der Waals surface area (Å²) in [6.07, 6.45) is 1.37. The summed E-state index contributed by atoms with van der Waals surface area (Å²) in [6, 6.07) is 16.5. The monoisotopic (exact) mass is 461 g/mol. The lowest BCUT2D eigenvalue weighted by molar-refractivity contribution is -0.117. The van der Waals surface area contributed by atoms with Crippen molar-refractivity contribution in [1.82, 2.24) is 5.43 Å². The molecule has 0 spiro atoms. The number of carboxylic acids is 1. The number of carboxylic acid groups (broad SMARTS) is 1. The molecule has 0 bridgehead atoms. The molecule has 1 aliphatic rings. The number of hydrogen-bond donors (Lipinski definition) is 2. The van der Waals surface area contributed by atoms with Gasteiger partial charge < -0.3 is 5.11 Å². The highest BCUT2D eigenvalue weighted by molar-refractivity contribution is 6.31. The first-order chi connectivity index (χ1) is 15.8. The van der Waals surface area contributed by atoms with E-state index in [1.165, 1.54) is 23.2 Å². The highest BCUT2D eigenvalue weighted by Crippen LogP contribution is 2.42. The van der Waals surface area contributed by atoms with Crippen LogP contribution < -0.4 is 10.3 Å². The number of hydrogen-bond acceptors (Lipinski definition) is 4. The van der Waals surface area contributed by atoms with E-state index < -0.39 is 11.9 Å². The van der Waals surface area contributed by atoms with Gasteiger partial charge in [0.1, 0.15) is 5.92 Å². The number of benzene rings is 3. The van der Waals surface area contributed by atoms with Crippen molar-refractivity contribution in [2.24, 2.45) is 5.10 Å². The minimum atomic E-state index is -1.10. The third-order valence-electron chi connectivity index (χ3n) is 5.56. The predicted molar refractivity (Wildman–Crippen MR) is 127 cm³/mol. The number of nitrogens with zero attached hydrogens (tertiary/aromatic N) is 2. The molecule has 3 aromatic rings. The molecule has 7 nitrogen and oxygen atoms in total. The maximum atomic E-state index is 13.3. The fraction of sp³-hybridized carbons (Fsp3) is 0.120. The molecule has 0 saturated heterocycles. The zero-order valence-corrected chi connectivity index (χ0v) is 18.6. The minimum Gasteiger partial charge on any atom is -0.478 e. The molecule has 0 radical (unpaired) electrons. The second-order valence-corrected chi connectivity index (χ2v) is 8.16. The van der Waals surface area contributed by atoms with Gasteiger partial charge in [-0.15, -0.1) is 0 Å². The lowest BCUT2D eigenvalue weighted by atomic mass is 10.0. The van der Waals surface area contributed by atoms with Gasteiger partial charge in [0.25, 0.3) is 5.91 Å². The molecule has 8 heteroatoms.